The van der Waals surface area contributed by atoms with E-state index in [1.54, 1.807) is 0 Å². The molecular formula is C50H34N4. The van der Waals surface area contributed by atoms with Gasteiger partial charge >= 0.3 is 0 Å². The number of fused-ring (bicyclic) bond motifs is 7. The molecule has 54 heavy (non-hydrogen) atoms. The quantitative estimate of drug-likeness (QED) is 0.196. The van der Waals surface area contributed by atoms with E-state index < -0.39 is 0 Å². The fourth-order valence-electron chi connectivity index (χ4n) is 8.45. The lowest BCUT2D eigenvalue weighted by Crippen LogP contribution is -2.42. The van der Waals surface area contributed by atoms with Crippen molar-refractivity contribution in [3.8, 4) is 27.9 Å². The summed E-state index contributed by atoms with van der Waals surface area (Å²) >= 11 is 0. The number of para-hydroxylation sites is 3. The zero-order valence-corrected chi connectivity index (χ0v) is 29.4. The molecule has 2 aromatic heterocycles. The van der Waals surface area contributed by atoms with E-state index >= 15 is 0 Å². The Morgan fingerprint density at radius 1 is 0.426 bits per heavy atom. The van der Waals surface area contributed by atoms with Crippen molar-refractivity contribution in [3.05, 3.63) is 205 Å². The van der Waals surface area contributed by atoms with Crippen molar-refractivity contribution in [2.45, 2.75) is 6.04 Å². The number of hydrogen-bond acceptors (Lipinski definition) is 2. The minimum atomic E-state index is -0.00175. The zero-order chi connectivity index (χ0) is 35.6. The summed E-state index contributed by atoms with van der Waals surface area (Å²) in [5.41, 5.74) is 13.8. The molecule has 0 saturated heterocycles. The van der Waals surface area contributed by atoms with Crippen molar-refractivity contribution in [1.29, 1.82) is 0 Å². The van der Waals surface area contributed by atoms with Gasteiger partial charge < -0.3 is 9.88 Å². The predicted octanol–water partition coefficient (Wildman–Crippen LogP) is 11.9. The van der Waals surface area contributed by atoms with Gasteiger partial charge in [0, 0.05) is 38.4 Å². The molecule has 3 heterocycles. The van der Waals surface area contributed by atoms with E-state index in [2.05, 4.69) is 209 Å². The van der Waals surface area contributed by atoms with Crippen LogP contribution in [0.5, 0.6) is 0 Å². The first-order valence-electron chi connectivity index (χ1n) is 18.5. The summed E-state index contributed by atoms with van der Waals surface area (Å²) in [4.78, 5) is 5.45. The normalized spacial score (nSPS) is 15.3. The smallest absolute Gasteiger partial charge is 0.209 e. The maximum atomic E-state index is 5.45. The average Bonchev–Trinajstić information content (AvgIpc) is 3.76. The summed E-state index contributed by atoms with van der Waals surface area (Å²) in [5, 5.41) is 8.69. The standard InChI is InChI=1S/C50H34N4/c1-3-14-33(15-4-1)34-16-13-17-37(30-34)49-41-22-7-10-23-44(41)51-50(52-49)54-46-25-12-9-21-40(46)43-32-36(27-29-48(43)54)35-26-28-47-42(31-35)39-20-8-11-24-45(39)53(47)38-18-5-2-6-19-38/h1-32,44H,(H,51,52). The van der Waals surface area contributed by atoms with Crippen LogP contribution in [0.4, 0.5) is 0 Å². The predicted molar refractivity (Wildman–Crippen MR) is 226 cm³/mol. The Hall–Kier alpha value is -7.17. The van der Waals surface area contributed by atoms with E-state index in [0.29, 0.717) is 0 Å². The number of aromatic nitrogens is 2. The highest BCUT2D eigenvalue weighted by molar-refractivity contribution is 6.16. The molecule has 254 valence electrons. The molecule has 1 aliphatic carbocycles. The lowest BCUT2D eigenvalue weighted by molar-refractivity contribution is 0.805. The SMILES string of the molecule is C1=CC2=C(c3cccc(-c4ccccc4)c3)N=C(n3c4ccccc4c4cc(-c5ccc6c(c5)c5ccccc5n6-c5ccccc5)ccc43)NC2C=C1. The lowest BCUT2D eigenvalue weighted by atomic mass is 9.93. The summed E-state index contributed by atoms with van der Waals surface area (Å²) in [6.07, 6.45) is 8.64. The molecule has 1 aliphatic heterocycles. The van der Waals surface area contributed by atoms with Gasteiger partial charge in [-0.05, 0) is 76.9 Å². The Kier molecular flexibility index (Phi) is 6.89. The highest BCUT2D eigenvalue weighted by Crippen LogP contribution is 2.38. The van der Waals surface area contributed by atoms with E-state index in [-0.39, 0.29) is 6.04 Å². The molecule has 11 rings (SSSR count). The fourth-order valence-corrected chi connectivity index (χ4v) is 8.45. The number of nitrogens with zero attached hydrogens (tertiary/aromatic N) is 3. The highest BCUT2D eigenvalue weighted by atomic mass is 15.2. The summed E-state index contributed by atoms with van der Waals surface area (Å²) in [6, 6.07) is 61.1. The van der Waals surface area contributed by atoms with Crippen molar-refractivity contribution in [1.82, 2.24) is 14.5 Å². The first-order valence-corrected chi connectivity index (χ1v) is 18.5. The average molecular weight is 691 g/mol. The summed E-state index contributed by atoms with van der Waals surface area (Å²) in [5.74, 6) is 0.818. The van der Waals surface area contributed by atoms with Gasteiger partial charge in [-0.3, -0.25) is 4.57 Å². The van der Waals surface area contributed by atoms with Crippen LogP contribution in [0.1, 0.15) is 5.56 Å². The van der Waals surface area contributed by atoms with Gasteiger partial charge in [-0.2, -0.15) is 0 Å². The molecule has 2 aliphatic rings. The molecule has 4 heteroatoms. The maximum Gasteiger partial charge on any atom is 0.209 e. The Morgan fingerprint density at radius 3 is 1.70 bits per heavy atom. The lowest BCUT2D eigenvalue weighted by Gasteiger charge is -2.28. The third kappa shape index (κ3) is 4.81. The van der Waals surface area contributed by atoms with Gasteiger partial charge in [0.2, 0.25) is 5.96 Å². The number of rotatable bonds is 4. The van der Waals surface area contributed by atoms with Crippen LogP contribution in [0.3, 0.4) is 0 Å². The van der Waals surface area contributed by atoms with E-state index in [0.717, 1.165) is 28.3 Å². The molecule has 0 saturated carbocycles. The van der Waals surface area contributed by atoms with Crippen LogP contribution < -0.4 is 5.32 Å². The number of nitrogens with one attached hydrogen (secondary N) is 1. The van der Waals surface area contributed by atoms with Crippen molar-refractivity contribution < 1.29 is 0 Å². The Morgan fingerprint density at radius 2 is 0.981 bits per heavy atom. The second-order valence-electron chi connectivity index (χ2n) is 14.1. The Balaban J connectivity index is 1.07. The van der Waals surface area contributed by atoms with Crippen LogP contribution in [0.2, 0.25) is 0 Å². The van der Waals surface area contributed by atoms with Crippen LogP contribution in [0.25, 0.3) is 77.2 Å². The molecular weight excluding hydrogens is 657 g/mol. The molecule has 0 fully saturated rings. The minimum absolute atomic E-state index is 0.00175. The van der Waals surface area contributed by atoms with Crippen LogP contribution in [-0.4, -0.2) is 21.1 Å². The second-order valence-corrected chi connectivity index (χ2v) is 14.1. The van der Waals surface area contributed by atoms with Crippen molar-refractivity contribution in [3.63, 3.8) is 0 Å². The molecule has 7 aromatic carbocycles. The summed E-state index contributed by atoms with van der Waals surface area (Å²) < 4.78 is 4.67. The van der Waals surface area contributed by atoms with E-state index in [1.807, 2.05) is 0 Å². The van der Waals surface area contributed by atoms with Gasteiger partial charge in [0.25, 0.3) is 0 Å². The molecule has 0 radical (unpaired) electrons. The second kappa shape index (κ2) is 12.2. The third-order valence-electron chi connectivity index (χ3n) is 10.9. The van der Waals surface area contributed by atoms with Crippen LogP contribution in [-0.2, 0) is 0 Å². The maximum absolute atomic E-state index is 5.45. The Bertz CT molecular complexity index is 3060. The monoisotopic (exact) mass is 690 g/mol. The largest absolute Gasteiger partial charge is 0.345 e. The molecule has 0 spiro atoms. The molecule has 0 amide bonds. The van der Waals surface area contributed by atoms with E-state index in [4.69, 9.17) is 4.99 Å². The number of allylic oxidation sites excluding steroid dienone is 2. The minimum Gasteiger partial charge on any atom is -0.345 e. The first-order chi connectivity index (χ1) is 26.8. The molecule has 0 bridgehead atoms. The Labute approximate surface area is 313 Å². The number of hydrogen-bond donors (Lipinski definition) is 1. The summed E-state index contributed by atoms with van der Waals surface area (Å²) in [6.45, 7) is 0. The molecule has 1 unspecified atom stereocenters. The fraction of sp³-hybridized carbons (Fsp3) is 0.0200. The van der Waals surface area contributed by atoms with Gasteiger partial charge in [0.15, 0.2) is 0 Å². The van der Waals surface area contributed by atoms with Crippen LogP contribution in [0.15, 0.2) is 205 Å². The molecule has 4 nitrogen and oxygen atoms in total. The van der Waals surface area contributed by atoms with Gasteiger partial charge in [-0.25, -0.2) is 4.99 Å². The van der Waals surface area contributed by atoms with Crippen molar-refractivity contribution >= 4 is 55.3 Å². The van der Waals surface area contributed by atoms with E-state index in [9.17, 15) is 0 Å². The van der Waals surface area contributed by atoms with Gasteiger partial charge in [-0.1, -0.05) is 140 Å². The van der Waals surface area contributed by atoms with E-state index in [1.165, 1.54) is 66.1 Å². The summed E-state index contributed by atoms with van der Waals surface area (Å²) in [7, 11) is 0. The zero-order valence-electron chi connectivity index (χ0n) is 29.4. The number of benzene rings is 7. The van der Waals surface area contributed by atoms with Crippen molar-refractivity contribution in [2.75, 3.05) is 0 Å². The third-order valence-corrected chi connectivity index (χ3v) is 10.9. The molecule has 1 atom stereocenters. The van der Waals surface area contributed by atoms with Gasteiger partial charge in [0.05, 0.1) is 33.8 Å². The highest BCUT2D eigenvalue weighted by Gasteiger charge is 2.27. The molecule has 9 aromatic rings. The van der Waals surface area contributed by atoms with Crippen LogP contribution in [0, 0.1) is 0 Å². The topological polar surface area (TPSA) is 34.2 Å². The van der Waals surface area contributed by atoms with Gasteiger partial charge in [0.1, 0.15) is 0 Å². The van der Waals surface area contributed by atoms with Gasteiger partial charge in [-0.15, -0.1) is 0 Å². The molecule has 1 N–H and O–H groups in total. The first kappa shape index (κ1) is 30.5. The van der Waals surface area contributed by atoms with Crippen LogP contribution >= 0.6 is 0 Å². The number of aliphatic imine (C=N–C) groups is 1. The van der Waals surface area contributed by atoms with Crippen molar-refractivity contribution in [2.24, 2.45) is 4.99 Å².